The highest BCUT2D eigenvalue weighted by molar-refractivity contribution is 7.99. The molecule has 0 amide bonds. The summed E-state index contributed by atoms with van der Waals surface area (Å²) in [6, 6.07) is 17.5. The number of hydrogen-bond acceptors (Lipinski definition) is 4. The Morgan fingerprint density at radius 3 is 2.62 bits per heavy atom. The molecule has 0 atom stereocenters. The van der Waals surface area contributed by atoms with Crippen molar-refractivity contribution < 1.29 is 4.74 Å². The van der Waals surface area contributed by atoms with Crippen molar-refractivity contribution in [3.05, 3.63) is 70.5 Å². The van der Waals surface area contributed by atoms with Crippen LogP contribution in [0.5, 0.6) is 0 Å². The fourth-order valence-corrected chi connectivity index (χ4v) is 3.35. The average Bonchev–Trinajstić information content (AvgIpc) is 2.62. The molecule has 3 rings (SSSR count). The predicted octanol–water partition coefficient (Wildman–Crippen LogP) is 3.57. The van der Waals surface area contributed by atoms with Gasteiger partial charge in [-0.25, -0.2) is 4.98 Å². The molecule has 1 heterocycles. The van der Waals surface area contributed by atoms with E-state index in [1.165, 1.54) is 0 Å². The molecule has 0 fully saturated rings. The summed E-state index contributed by atoms with van der Waals surface area (Å²) in [5.74, 6) is 0.771. The molecule has 1 aromatic heterocycles. The average molecular weight is 340 g/mol. The van der Waals surface area contributed by atoms with Crippen LogP contribution in [0.2, 0.25) is 0 Å². The van der Waals surface area contributed by atoms with E-state index in [0.717, 1.165) is 22.0 Å². The summed E-state index contributed by atoms with van der Waals surface area (Å²) < 4.78 is 7.15. The number of nitrogens with zero attached hydrogens (tertiary/aromatic N) is 2. The van der Waals surface area contributed by atoms with Crippen LogP contribution in [0.1, 0.15) is 12.5 Å². The second-order valence-corrected chi connectivity index (χ2v) is 6.40. The molecule has 124 valence electrons. The van der Waals surface area contributed by atoms with E-state index in [1.807, 2.05) is 61.5 Å². The summed E-state index contributed by atoms with van der Waals surface area (Å²) in [4.78, 5) is 17.6. The van der Waals surface area contributed by atoms with Crippen LogP contribution >= 0.6 is 11.8 Å². The van der Waals surface area contributed by atoms with Crippen molar-refractivity contribution in [3.8, 4) is 0 Å². The zero-order valence-corrected chi connectivity index (χ0v) is 14.5. The van der Waals surface area contributed by atoms with Gasteiger partial charge in [0, 0.05) is 12.4 Å². The van der Waals surface area contributed by atoms with Gasteiger partial charge in [0.1, 0.15) is 0 Å². The number of thioether (sulfide) groups is 1. The first-order valence-electron chi connectivity index (χ1n) is 8.03. The summed E-state index contributed by atoms with van der Waals surface area (Å²) in [6.45, 7) is 3.84. The Kier molecular flexibility index (Phi) is 5.67. The molecule has 0 aliphatic heterocycles. The molecule has 5 heteroatoms. The number of benzene rings is 2. The minimum Gasteiger partial charge on any atom is -0.381 e. The second-order valence-electron chi connectivity index (χ2n) is 5.33. The van der Waals surface area contributed by atoms with Crippen LogP contribution in [0, 0.1) is 0 Å². The van der Waals surface area contributed by atoms with E-state index in [9.17, 15) is 4.79 Å². The van der Waals surface area contributed by atoms with Crippen molar-refractivity contribution >= 4 is 22.7 Å². The Balaban J connectivity index is 1.99. The lowest BCUT2D eigenvalue weighted by molar-refractivity contribution is 0.164. The molecular formula is C19H20N2O2S. The van der Waals surface area contributed by atoms with E-state index in [1.54, 1.807) is 16.3 Å². The van der Waals surface area contributed by atoms with Crippen LogP contribution < -0.4 is 5.56 Å². The standard InChI is InChI=1S/C19H20N2O2S/c1-2-23-12-13-24-19-20-17-11-7-6-10-16(17)18(22)21(19)14-15-8-4-3-5-9-15/h3-11H,2,12-14H2,1H3. The van der Waals surface area contributed by atoms with Gasteiger partial charge in [-0.3, -0.25) is 9.36 Å². The first kappa shape index (κ1) is 16.7. The first-order chi connectivity index (χ1) is 11.8. The van der Waals surface area contributed by atoms with Gasteiger partial charge in [-0.1, -0.05) is 54.2 Å². The third kappa shape index (κ3) is 3.86. The molecule has 0 spiro atoms. The van der Waals surface area contributed by atoms with Gasteiger partial charge >= 0.3 is 0 Å². The van der Waals surface area contributed by atoms with Gasteiger partial charge < -0.3 is 4.74 Å². The SMILES string of the molecule is CCOCCSc1nc2ccccc2c(=O)n1Cc1ccccc1. The number of para-hydroxylation sites is 1. The molecule has 0 aliphatic carbocycles. The van der Waals surface area contributed by atoms with Crippen molar-refractivity contribution in [3.63, 3.8) is 0 Å². The van der Waals surface area contributed by atoms with Gasteiger partial charge in [-0.2, -0.15) is 0 Å². The highest BCUT2D eigenvalue weighted by atomic mass is 32.2. The molecule has 0 bridgehead atoms. The molecule has 0 saturated carbocycles. The van der Waals surface area contributed by atoms with Gasteiger partial charge in [-0.15, -0.1) is 0 Å². The molecule has 0 radical (unpaired) electrons. The second kappa shape index (κ2) is 8.13. The Bertz CT molecular complexity index is 862. The van der Waals surface area contributed by atoms with Crippen LogP contribution in [0.15, 0.2) is 64.5 Å². The highest BCUT2D eigenvalue weighted by Crippen LogP contribution is 2.18. The smallest absolute Gasteiger partial charge is 0.262 e. The minimum atomic E-state index is 0.00311. The molecule has 2 aromatic carbocycles. The van der Waals surface area contributed by atoms with Gasteiger partial charge in [-0.05, 0) is 24.6 Å². The lowest BCUT2D eigenvalue weighted by atomic mass is 10.2. The first-order valence-corrected chi connectivity index (χ1v) is 9.02. The lowest BCUT2D eigenvalue weighted by Gasteiger charge is -2.13. The van der Waals surface area contributed by atoms with E-state index >= 15 is 0 Å². The molecule has 24 heavy (non-hydrogen) atoms. The Labute approximate surface area is 145 Å². The van der Waals surface area contributed by atoms with E-state index in [0.29, 0.717) is 25.1 Å². The zero-order chi connectivity index (χ0) is 16.8. The maximum absolute atomic E-state index is 12.9. The molecule has 0 unspecified atom stereocenters. The van der Waals surface area contributed by atoms with Gasteiger partial charge in [0.15, 0.2) is 5.16 Å². The van der Waals surface area contributed by atoms with Gasteiger partial charge in [0.25, 0.3) is 5.56 Å². The van der Waals surface area contributed by atoms with Gasteiger partial charge in [0.05, 0.1) is 24.1 Å². The number of aromatic nitrogens is 2. The number of fused-ring (bicyclic) bond motifs is 1. The predicted molar refractivity (Wildman–Crippen MR) is 98.8 cm³/mol. The minimum absolute atomic E-state index is 0.00311. The Morgan fingerprint density at radius 2 is 1.83 bits per heavy atom. The monoisotopic (exact) mass is 340 g/mol. The summed E-state index contributed by atoms with van der Waals surface area (Å²) >= 11 is 1.56. The van der Waals surface area contributed by atoms with Crippen LogP contribution in [0.4, 0.5) is 0 Å². The van der Waals surface area contributed by atoms with E-state index in [2.05, 4.69) is 0 Å². The van der Waals surface area contributed by atoms with Crippen molar-refractivity contribution in [2.45, 2.75) is 18.6 Å². The molecule has 0 N–H and O–H groups in total. The fraction of sp³-hybridized carbons (Fsp3) is 0.263. The molecular weight excluding hydrogens is 320 g/mol. The topological polar surface area (TPSA) is 44.1 Å². The largest absolute Gasteiger partial charge is 0.381 e. The number of rotatable bonds is 7. The van der Waals surface area contributed by atoms with Crippen molar-refractivity contribution in [1.82, 2.24) is 9.55 Å². The van der Waals surface area contributed by atoms with Crippen LogP contribution in [0.25, 0.3) is 10.9 Å². The number of ether oxygens (including phenoxy) is 1. The van der Waals surface area contributed by atoms with Crippen molar-refractivity contribution in [2.24, 2.45) is 0 Å². The quantitative estimate of drug-likeness (QED) is 0.375. The third-order valence-corrected chi connectivity index (χ3v) is 4.61. The van der Waals surface area contributed by atoms with Crippen LogP contribution in [0.3, 0.4) is 0 Å². The fourth-order valence-electron chi connectivity index (χ4n) is 2.50. The van der Waals surface area contributed by atoms with Gasteiger partial charge in [0.2, 0.25) is 0 Å². The maximum atomic E-state index is 12.9. The summed E-state index contributed by atoms with van der Waals surface area (Å²) in [7, 11) is 0. The molecule has 0 aliphatic rings. The molecule has 3 aromatic rings. The van der Waals surface area contributed by atoms with E-state index in [-0.39, 0.29) is 5.56 Å². The molecule has 4 nitrogen and oxygen atoms in total. The van der Waals surface area contributed by atoms with Crippen LogP contribution in [-0.4, -0.2) is 28.5 Å². The summed E-state index contributed by atoms with van der Waals surface area (Å²) in [5, 5.41) is 1.39. The van der Waals surface area contributed by atoms with Crippen LogP contribution in [-0.2, 0) is 11.3 Å². The third-order valence-electron chi connectivity index (χ3n) is 3.67. The maximum Gasteiger partial charge on any atom is 0.262 e. The van der Waals surface area contributed by atoms with Crippen molar-refractivity contribution in [2.75, 3.05) is 19.0 Å². The summed E-state index contributed by atoms with van der Waals surface area (Å²) in [6.07, 6.45) is 0. The normalized spacial score (nSPS) is 11.0. The van der Waals surface area contributed by atoms with Crippen molar-refractivity contribution in [1.29, 1.82) is 0 Å². The Morgan fingerprint density at radius 1 is 1.08 bits per heavy atom. The van der Waals surface area contributed by atoms with E-state index in [4.69, 9.17) is 9.72 Å². The lowest BCUT2D eigenvalue weighted by Crippen LogP contribution is -2.24. The van der Waals surface area contributed by atoms with E-state index < -0.39 is 0 Å². The highest BCUT2D eigenvalue weighted by Gasteiger charge is 2.11. The zero-order valence-electron chi connectivity index (χ0n) is 13.6. The Hall–Kier alpha value is -2.11. The summed E-state index contributed by atoms with van der Waals surface area (Å²) in [5.41, 5.74) is 1.83. The molecule has 0 saturated heterocycles. The number of hydrogen-bond donors (Lipinski definition) is 0.